The van der Waals surface area contributed by atoms with Gasteiger partial charge in [-0.25, -0.2) is 4.98 Å². The monoisotopic (exact) mass is 409 g/mol. The molecule has 0 aliphatic rings. The largest absolute Gasteiger partial charge is 0.436 e. The van der Waals surface area contributed by atoms with Gasteiger partial charge in [0.2, 0.25) is 5.89 Å². The number of carbonyl (C=O) groups is 1. The van der Waals surface area contributed by atoms with E-state index < -0.39 is 4.92 Å². The lowest BCUT2D eigenvalue weighted by molar-refractivity contribution is -0.384. The summed E-state index contributed by atoms with van der Waals surface area (Å²) in [5.41, 5.74) is 2.39. The molecule has 0 spiro atoms. The van der Waals surface area contributed by atoms with Gasteiger partial charge in [0.15, 0.2) is 5.58 Å². The molecule has 7 heteroatoms. The van der Waals surface area contributed by atoms with Crippen LogP contribution < -0.4 is 5.32 Å². The Morgan fingerprint density at radius 1 is 0.935 bits per heavy atom. The van der Waals surface area contributed by atoms with Crippen LogP contribution in [0.25, 0.3) is 33.3 Å². The van der Waals surface area contributed by atoms with Crippen molar-refractivity contribution in [1.82, 2.24) is 4.98 Å². The Balaban J connectivity index is 1.53. The lowest BCUT2D eigenvalue weighted by Gasteiger charge is -2.10. The van der Waals surface area contributed by atoms with Crippen molar-refractivity contribution >= 4 is 39.2 Å². The standard InChI is InChI=1S/C24H15N3O4/c28-23(18-10-5-7-15-6-1-2-8-17(15)18)25-20-11-4-3-9-19(20)24-26-21-13-12-16(27(29)30)14-22(21)31-24/h1-14H,(H,25,28). The minimum atomic E-state index is -0.486. The van der Waals surface area contributed by atoms with Crippen LogP contribution in [0.1, 0.15) is 10.4 Å². The summed E-state index contributed by atoms with van der Waals surface area (Å²) in [5.74, 6) is 0.0142. The molecule has 7 nitrogen and oxygen atoms in total. The van der Waals surface area contributed by atoms with Crippen LogP contribution in [0.5, 0.6) is 0 Å². The summed E-state index contributed by atoms with van der Waals surface area (Å²) in [6.07, 6.45) is 0. The zero-order valence-corrected chi connectivity index (χ0v) is 16.1. The zero-order chi connectivity index (χ0) is 21.4. The van der Waals surface area contributed by atoms with Crippen LogP contribution in [0.2, 0.25) is 0 Å². The molecule has 0 saturated carbocycles. The fourth-order valence-electron chi connectivity index (χ4n) is 3.53. The molecule has 31 heavy (non-hydrogen) atoms. The van der Waals surface area contributed by atoms with Crippen molar-refractivity contribution in [3.8, 4) is 11.5 Å². The lowest BCUT2D eigenvalue weighted by Crippen LogP contribution is -2.13. The van der Waals surface area contributed by atoms with Crippen molar-refractivity contribution in [2.75, 3.05) is 5.32 Å². The number of nitrogens with one attached hydrogen (secondary N) is 1. The Bertz CT molecular complexity index is 1470. The minimum Gasteiger partial charge on any atom is -0.436 e. The normalized spacial score (nSPS) is 11.0. The first-order chi connectivity index (χ1) is 15.1. The van der Waals surface area contributed by atoms with Gasteiger partial charge in [-0.05, 0) is 35.0 Å². The highest BCUT2D eigenvalue weighted by molar-refractivity contribution is 6.13. The average molecular weight is 409 g/mol. The minimum absolute atomic E-state index is 0.0762. The maximum atomic E-state index is 13.1. The smallest absolute Gasteiger partial charge is 0.273 e. The van der Waals surface area contributed by atoms with Gasteiger partial charge in [0.1, 0.15) is 5.52 Å². The molecule has 0 fully saturated rings. The number of non-ortho nitro benzene ring substituents is 1. The Hall–Kier alpha value is -4.52. The van der Waals surface area contributed by atoms with Crippen LogP contribution in [-0.4, -0.2) is 15.8 Å². The summed E-state index contributed by atoms with van der Waals surface area (Å²) in [6.45, 7) is 0. The molecule has 1 aromatic heterocycles. The highest BCUT2D eigenvalue weighted by atomic mass is 16.6. The second-order valence-corrected chi connectivity index (χ2v) is 6.95. The van der Waals surface area contributed by atoms with E-state index in [2.05, 4.69) is 10.3 Å². The van der Waals surface area contributed by atoms with Crippen molar-refractivity contribution in [3.05, 3.63) is 101 Å². The van der Waals surface area contributed by atoms with E-state index in [-0.39, 0.29) is 17.5 Å². The molecular formula is C24H15N3O4. The van der Waals surface area contributed by atoms with E-state index in [9.17, 15) is 14.9 Å². The number of hydrogen-bond acceptors (Lipinski definition) is 5. The van der Waals surface area contributed by atoms with E-state index in [1.807, 2.05) is 36.4 Å². The lowest BCUT2D eigenvalue weighted by atomic mass is 10.0. The summed E-state index contributed by atoms with van der Waals surface area (Å²) >= 11 is 0. The number of fused-ring (bicyclic) bond motifs is 2. The summed E-state index contributed by atoms with van der Waals surface area (Å²) in [4.78, 5) is 28.0. The number of nitrogens with zero attached hydrogens (tertiary/aromatic N) is 2. The molecule has 5 rings (SSSR count). The third kappa shape index (κ3) is 3.38. The molecule has 1 N–H and O–H groups in total. The van der Waals surface area contributed by atoms with Crippen LogP contribution in [0, 0.1) is 10.1 Å². The first-order valence-corrected chi connectivity index (χ1v) is 9.54. The van der Waals surface area contributed by atoms with Gasteiger partial charge in [-0.1, -0.05) is 48.5 Å². The van der Waals surface area contributed by atoms with Crippen LogP contribution in [0.3, 0.4) is 0 Å². The van der Waals surface area contributed by atoms with Crippen molar-refractivity contribution in [3.63, 3.8) is 0 Å². The number of rotatable bonds is 4. The second-order valence-electron chi connectivity index (χ2n) is 6.95. The van der Waals surface area contributed by atoms with E-state index >= 15 is 0 Å². The molecule has 0 atom stereocenters. The molecule has 0 aliphatic heterocycles. The van der Waals surface area contributed by atoms with Crippen LogP contribution in [0.4, 0.5) is 11.4 Å². The van der Waals surface area contributed by atoms with E-state index in [1.54, 1.807) is 30.3 Å². The molecule has 1 heterocycles. The average Bonchev–Trinajstić information content (AvgIpc) is 3.22. The van der Waals surface area contributed by atoms with Crippen LogP contribution >= 0.6 is 0 Å². The molecule has 0 aliphatic carbocycles. The summed E-state index contributed by atoms with van der Waals surface area (Å²) in [5, 5.41) is 15.8. The zero-order valence-electron chi connectivity index (χ0n) is 16.1. The van der Waals surface area contributed by atoms with Gasteiger partial charge >= 0.3 is 0 Å². The van der Waals surface area contributed by atoms with Crippen LogP contribution in [0.15, 0.2) is 89.3 Å². The summed E-state index contributed by atoms with van der Waals surface area (Å²) in [7, 11) is 0. The van der Waals surface area contributed by atoms with Gasteiger partial charge in [-0.2, -0.15) is 0 Å². The van der Waals surface area contributed by atoms with Crippen molar-refractivity contribution < 1.29 is 14.1 Å². The van der Waals surface area contributed by atoms with Gasteiger partial charge < -0.3 is 9.73 Å². The predicted molar refractivity (Wildman–Crippen MR) is 118 cm³/mol. The van der Waals surface area contributed by atoms with Crippen molar-refractivity contribution in [1.29, 1.82) is 0 Å². The summed E-state index contributed by atoms with van der Waals surface area (Å²) in [6, 6.07) is 24.7. The van der Waals surface area contributed by atoms with Gasteiger partial charge in [0.05, 0.1) is 22.2 Å². The molecule has 4 aromatic carbocycles. The predicted octanol–water partition coefficient (Wildman–Crippen LogP) is 5.81. The first kappa shape index (κ1) is 18.5. The number of para-hydroxylation sites is 1. The Morgan fingerprint density at radius 3 is 2.58 bits per heavy atom. The van der Waals surface area contributed by atoms with E-state index in [0.717, 1.165) is 10.8 Å². The molecular weight excluding hydrogens is 394 g/mol. The number of anilines is 1. The van der Waals surface area contributed by atoms with Gasteiger partial charge in [0.25, 0.3) is 11.6 Å². The first-order valence-electron chi connectivity index (χ1n) is 9.54. The summed E-state index contributed by atoms with van der Waals surface area (Å²) < 4.78 is 5.78. The van der Waals surface area contributed by atoms with E-state index in [1.165, 1.54) is 18.2 Å². The third-order valence-electron chi connectivity index (χ3n) is 5.02. The Kier molecular flexibility index (Phi) is 4.41. The van der Waals surface area contributed by atoms with Gasteiger partial charge in [-0.3, -0.25) is 14.9 Å². The SMILES string of the molecule is O=C(Nc1ccccc1-c1nc2ccc([N+](=O)[O-])cc2o1)c1cccc2ccccc12. The Labute approximate surface area is 176 Å². The number of nitro benzene ring substituents is 1. The van der Waals surface area contributed by atoms with Gasteiger partial charge in [0, 0.05) is 11.6 Å². The highest BCUT2D eigenvalue weighted by Crippen LogP contribution is 2.32. The molecule has 0 bridgehead atoms. The van der Waals surface area contributed by atoms with Crippen molar-refractivity contribution in [2.24, 2.45) is 0 Å². The number of benzene rings is 4. The number of hydrogen-bond donors (Lipinski definition) is 1. The molecule has 0 saturated heterocycles. The molecule has 0 radical (unpaired) electrons. The number of amides is 1. The van der Waals surface area contributed by atoms with Gasteiger partial charge in [-0.15, -0.1) is 0 Å². The number of oxazole rings is 1. The maximum Gasteiger partial charge on any atom is 0.273 e. The quantitative estimate of drug-likeness (QED) is 0.298. The molecule has 5 aromatic rings. The topological polar surface area (TPSA) is 98.3 Å². The third-order valence-corrected chi connectivity index (χ3v) is 5.02. The van der Waals surface area contributed by atoms with Crippen molar-refractivity contribution in [2.45, 2.75) is 0 Å². The number of aromatic nitrogens is 1. The fourth-order valence-corrected chi connectivity index (χ4v) is 3.53. The number of nitro groups is 1. The molecule has 1 amide bonds. The highest BCUT2D eigenvalue weighted by Gasteiger charge is 2.17. The fraction of sp³-hybridized carbons (Fsp3) is 0. The number of carbonyl (C=O) groups excluding carboxylic acids is 1. The Morgan fingerprint density at radius 2 is 1.71 bits per heavy atom. The second kappa shape index (κ2) is 7.38. The molecule has 0 unspecified atom stereocenters. The maximum absolute atomic E-state index is 13.1. The molecule has 150 valence electrons. The van der Waals surface area contributed by atoms with E-state index in [0.29, 0.717) is 27.9 Å². The van der Waals surface area contributed by atoms with Crippen LogP contribution in [-0.2, 0) is 0 Å². The van der Waals surface area contributed by atoms with E-state index in [4.69, 9.17) is 4.42 Å².